The summed E-state index contributed by atoms with van der Waals surface area (Å²) in [5.74, 6) is 2.48. The Labute approximate surface area is 226 Å². The van der Waals surface area contributed by atoms with Gasteiger partial charge in [-0.3, -0.25) is 9.59 Å². The van der Waals surface area contributed by atoms with Crippen LogP contribution in [0, 0.1) is 11.8 Å². The molecule has 0 aromatic heterocycles. The molecule has 2 rings (SSSR count). The van der Waals surface area contributed by atoms with Gasteiger partial charge in [-0.2, -0.15) is 11.8 Å². The fourth-order valence-electron chi connectivity index (χ4n) is 4.44. The summed E-state index contributed by atoms with van der Waals surface area (Å²) in [6.07, 6.45) is 6.23. The van der Waals surface area contributed by atoms with Crippen molar-refractivity contribution in [1.82, 2.24) is 21.3 Å². The highest BCUT2D eigenvalue weighted by Gasteiger charge is 2.42. The molecule has 3 unspecified atom stereocenters. The van der Waals surface area contributed by atoms with E-state index in [2.05, 4.69) is 35.1 Å². The van der Waals surface area contributed by atoms with Gasteiger partial charge < -0.3 is 35.5 Å². The number of thioether (sulfide) groups is 1. The number of fused-ring (bicyclic) bond motifs is 1. The van der Waals surface area contributed by atoms with E-state index in [1.54, 1.807) is 0 Å². The summed E-state index contributed by atoms with van der Waals surface area (Å²) >= 11 is 1.96. The van der Waals surface area contributed by atoms with Gasteiger partial charge in [0, 0.05) is 43.8 Å². The number of hydrogen-bond donors (Lipinski definition) is 4. The van der Waals surface area contributed by atoms with Crippen LogP contribution in [-0.4, -0.2) is 94.2 Å². The van der Waals surface area contributed by atoms with Gasteiger partial charge in [0.15, 0.2) is 0 Å². The minimum atomic E-state index is -0.158. The standard InChI is InChI=1S/C26H48N4O6S/c1-20(2)6-5-9-28-26(33)29-11-13-35-15-17-36-16-14-34-12-10-27-23(31)8-4-3-7-22-25-21(19-37-22)18-24(32)30-25/h20-22,25H,3-19H2,1-2H3,(H,27,31)(H,30,32)(H2,28,29,33). The van der Waals surface area contributed by atoms with Crippen LogP contribution >= 0.6 is 11.8 Å². The van der Waals surface area contributed by atoms with E-state index in [0.717, 1.165) is 37.9 Å². The van der Waals surface area contributed by atoms with Gasteiger partial charge in [-0.25, -0.2) is 4.79 Å². The largest absolute Gasteiger partial charge is 0.377 e. The number of carbonyl (C=O) groups excluding carboxylic acids is 3. The third kappa shape index (κ3) is 14.8. The molecule has 0 aromatic rings. The van der Waals surface area contributed by atoms with Crippen molar-refractivity contribution < 1.29 is 28.6 Å². The van der Waals surface area contributed by atoms with Gasteiger partial charge in [0.1, 0.15) is 0 Å². The van der Waals surface area contributed by atoms with Crippen LogP contribution in [0.2, 0.25) is 0 Å². The Hall–Kier alpha value is -1.56. The molecule has 0 aromatic carbocycles. The predicted octanol–water partition coefficient (Wildman–Crippen LogP) is 2.07. The van der Waals surface area contributed by atoms with E-state index in [1.807, 2.05) is 11.8 Å². The number of nitrogens with one attached hydrogen (secondary N) is 4. The molecule has 0 bridgehead atoms. The van der Waals surface area contributed by atoms with Crippen LogP contribution in [0.4, 0.5) is 4.79 Å². The highest BCUT2D eigenvalue weighted by molar-refractivity contribution is 8.00. The van der Waals surface area contributed by atoms with E-state index < -0.39 is 0 Å². The Balaban J connectivity index is 1.27. The number of carbonyl (C=O) groups is 3. The number of hydrogen-bond acceptors (Lipinski definition) is 7. The lowest BCUT2D eigenvalue weighted by Gasteiger charge is -2.17. The average molecular weight is 545 g/mol. The van der Waals surface area contributed by atoms with E-state index in [-0.39, 0.29) is 17.8 Å². The maximum atomic E-state index is 12.0. The average Bonchev–Trinajstić information content (AvgIpc) is 3.41. The molecule has 2 heterocycles. The number of unbranched alkanes of at least 4 members (excludes halogenated alkanes) is 1. The maximum absolute atomic E-state index is 12.0. The quantitative estimate of drug-likeness (QED) is 0.163. The summed E-state index contributed by atoms with van der Waals surface area (Å²) in [7, 11) is 0. The molecule has 4 amide bonds. The van der Waals surface area contributed by atoms with E-state index in [1.165, 1.54) is 0 Å². The Bertz CT molecular complexity index is 669. The zero-order chi connectivity index (χ0) is 26.7. The van der Waals surface area contributed by atoms with Gasteiger partial charge in [0.2, 0.25) is 11.8 Å². The van der Waals surface area contributed by atoms with Crippen molar-refractivity contribution in [2.75, 3.05) is 65.0 Å². The summed E-state index contributed by atoms with van der Waals surface area (Å²) in [5, 5.41) is 12.1. The van der Waals surface area contributed by atoms with Crippen molar-refractivity contribution in [2.45, 2.75) is 70.1 Å². The van der Waals surface area contributed by atoms with Crippen LogP contribution in [0.15, 0.2) is 0 Å². The highest BCUT2D eigenvalue weighted by Crippen LogP contribution is 2.39. The second-order valence-electron chi connectivity index (χ2n) is 10.1. The Morgan fingerprint density at radius 3 is 2.27 bits per heavy atom. The van der Waals surface area contributed by atoms with E-state index in [4.69, 9.17) is 14.2 Å². The molecule has 0 radical (unpaired) electrons. The molecule has 2 aliphatic heterocycles. The molecule has 10 nitrogen and oxygen atoms in total. The lowest BCUT2D eigenvalue weighted by atomic mass is 9.97. The number of amides is 4. The SMILES string of the molecule is CC(C)CCCNC(=O)NCCOCCOCCOCCNC(=O)CCCCC1SCC2CC(=O)NC21. The first-order chi connectivity index (χ1) is 18.0. The van der Waals surface area contributed by atoms with Crippen LogP contribution in [0.25, 0.3) is 0 Å². The van der Waals surface area contributed by atoms with Crippen molar-refractivity contribution in [2.24, 2.45) is 11.8 Å². The molecule has 214 valence electrons. The van der Waals surface area contributed by atoms with E-state index >= 15 is 0 Å². The van der Waals surface area contributed by atoms with Gasteiger partial charge in [-0.05, 0) is 43.3 Å². The first-order valence-corrected chi connectivity index (χ1v) is 14.9. The van der Waals surface area contributed by atoms with Gasteiger partial charge in [0.05, 0.1) is 39.6 Å². The fraction of sp³-hybridized carbons (Fsp3) is 0.885. The molecular weight excluding hydrogens is 496 g/mol. The smallest absolute Gasteiger partial charge is 0.314 e. The number of rotatable bonds is 21. The van der Waals surface area contributed by atoms with Crippen LogP contribution < -0.4 is 21.3 Å². The molecule has 4 N–H and O–H groups in total. The second kappa shape index (κ2) is 19.5. The summed E-state index contributed by atoms with van der Waals surface area (Å²) in [5.41, 5.74) is 0. The molecule has 2 fully saturated rings. The summed E-state index contributed by atoms with van der Waals surface area (Å²) < 4.78 is 16.4. The zero-order valence-corrected chi connectivity index (χ0v) is 23.5. The van der Waals surface area contributed by atoms with E-state index in [0.29, 0.717) is 95.2 Å². The third-order valence-corrected chi connectivity index (χ3v) is 8.02. The monoisotopic (exact) mass is 544 g/mol. The molecule has 3 atom stereocenters. The molecule has 2 saturated heterocycles. The van der Waals surface area contributed by atoms with Crippen molar-refractivity contribution in [1.29, 1.82) is 0 Å². The van der Waals surface area contributed by atoms with Gasteiger partial charge in [-0.15, -0.1) is 0 Å². The zero-order valence-electron chi connectivity index (χ0n) is 22.7. The Morgan fingerprint density at radius 1 is 0.919 bits per heavy atom. The van der Waals surface area contributed by atoms with Gasteiger partial charge in [0.25, 0.3) is 0 Å². The third-order valence-electron chi connectivity index (χ3n) is 6.44. The Kier molecular flexibility index (Phi) is 16.7. The van der Waals surface area contributed by atoms with Gasteiger partial charge >= 0.3 is 6.03 Å². The van der Waals surface area contributed by atoms with Crippen molar-refractivity contribution >= 4 is 29.6 Å². The summed E-state index contributed by atoms with van der Waals surface area (Å²) in [6, 6.07) is 0.181. The first kappa shape index (κ1) is 31.7. The molecule has 2 aliphatic rings. The fourth-order valence-corrected chi connectivity index (χ4v) is 6.09. The molecule has 37 heavy (non-hydrogen) atoms. The van der Waals surface area contributed by atoms with Crippen LogP contribution in [0.5, 0.6) is 0 Å². The minimum absolute atomic E-state index is 0.0567. The van der Waals surface area contributed by atoms with Gasteiger partial charge in [-0.1, -0.05) is 20.3 Å². The number of ether oxygens (including phenoxy) is 3. The van der Waals surface area contributed by atoms with Crippen LogP contribution in [0.3, 0.4) is 0 Å². The van der Waals surface area contributed by atoms with Crippen LogP contribution in [-0.2, 0) is 23.8 Å². The molecule has 0 spiro atoms. The summed E-state index contributed by atoms with van der Waals surface area (Å²) in [6.45, 7) is 8.75. The Morgan fingerprint density at radius 2 is 1.57 bits per heavy atom. The lowest BCUT2D eigenvalue weighted by Crippen LogP contribution is -2.37. The highest BCUT2D eigenvalue weighted by atomic mass is 32.2. The first-order valence-electron chi connectivity index (χ1n) is 13.9. The normalized spacial score (nSPS) is 20.6. The molecule has 0 aliphatic carbocycles. The van der Waals surface area contributed by atoms with Crippen molar-refractivity contribution in [3.05, 3.63) is 0 Å². The molecule has 0 saturated carbocycles. The topological polar surface area (TPSA) is 127 Å². The maximum Gasteiger partial charge on any atom is 0.314 e. The second-order valence-corrected chi connectivity index (χ2v) is 11.4. The lowest BCUT2D eigenvalue weighted by molar-refractivity contribution is -0.121. The van der Waals surface area contributed by atoms with Crippen molar-refractivity contribution in [3.63, 3.8) is 0 Å². The number of urea groups is 1. The summed E-state index contributed by atoms with van der Waals surface area (Å²) in [4.78, 5) is 35.1. The van der Waals surface area contributed by atoms with Crippen molar-refractivity contribution in [3.8, 4) is 0 Å². The van der Waals surface area contributed by atoms with E-state index in [9.17, 15) is 14.4 Å². The molecule has 11 heteroatoms. The molecular formula is C26H48N4O6S. The predicted molar refractivity (Wildman–Crippen MR) is 146 cm³/mol. The minimum Gasteiger partial charge on any atom is -0.377 e. The van der Waals surface area contributed by atoms with Crippen LogP contribution in [0.1, 0.15) is 58.8 Å².